The minimum atomic E-state index is -0.369. The number of carbonyl (C=O) groups is 2. The molecule has 0 spiro atoms. The highest BCUT2D eigenvalue weighted by atomic mass is 16.5. The van der Waals surface area contributed by atoms with E-state index in [1.807, 2.05) is 6.07 Å². The summed E-state index contributed by atoms with van der Waals surface area (Å²) < 4.78 is 4.96. The minimum absolute atomic E-state index is 0.0157. The molecule has 1 heterocycles. The van der Waals surface area contributed by atoms with Gasteiger partial charge in [0.1, 0.15) is 0 Å². The van der Waals surface area contributed by atoms with Gasteiger partial charge < -0.3 is 15.4 Å². The molecule has 2 N–H and O–H groups in total. The molecule has 0 radical (unpaired) electrons. The molecular weight excluding hydrogens is 358 g/mol. The van der Waals surface area contributed by atoms with E-state index in [0.29, 0.717) is 29.2 Å². The smallest absolute Gasteiger partial charge is 0.338 e. The summed E-state index contributed by atoms with van der Waals surface area (Å²) in [6.45, 7) is 3.60. The summed E-state index contributed by atoms with van der Waals surface area (Å²) in [5.41, 5.74) is 2.49. The molecule has 0 unspecified atom stereocenters. The van der Waals surface area contributed by atoms with Crippen LogP contribution in [0, 0.1) is 0 Å². The van der Waals surface area contributed by atoms with Crippen LogP contribution < -0.4 is 10.6 Å². The summed E-state index contributed by atoms with van der Waals surface area (Å²) in [7, 11) is 0. The van der Waals surface area contributed by atoms with Crippen LogP contribution >= 0.6 is 0 Å². The van der Waals surface area contributed by atoms with Crippen LogP contribution in [0.15, 0.2) is 54.7 Å². The zero-order valence-corrected chi connectivity index (χ0v) is 15.5. The van der Waals surface area contributed by atoms with Crippen molar-refractivity contribution in [3.63, 3.8) is 0 Å². The second kappa shape index (κ2) is 8.72. The topological polar surface area (TPSA) is 106 Å². The predicted octanol–water partition coefficient (Wildman–Crippen LogP) is 3.74. The van der Waals surface area contributed by atoms with E-state index in [0.717, 1.165) is 5.69 Å². The normalized spacial score (nSPS) is 10.2. The molecule has 0 saturated heterocycles. The molecule has 0 aliphatic heterocycles. The lowest BCUT2D eigenvalue weighted by molar-refractivity contribution is 0.0526. The minimum Gasteiger partial charge on any atom is -0.462 e. The van der Waals surface area contributed by atoms with Crippen LogP contribution in [0.3, 0.4) is 0 Å². The summed E-state index contributed by atoms with van der Waals surface area (Å²) in [6.07, 6.45) is 1.48. The third-order valence-corrected chi connectivity index (χ3v) is 3.75. The van der Waals surface area contributed by atoms with Gasteiger partial charge in [-0.3, -0.25) is 4.79 Å². The summed E-state index contributed by atoms with van der Waals surface area (Å²) in [4.78, 5) is 27.5. The Hall–Kier alpha value is -3.81. The van der Waals surface area contributed by atoms with Gasteiger partial charge in [-0.2, -0.15) is 10.1 Å². The molecule has 3 rings (SSSR count). The van der Waals surface area contributed by atoms with Crippen molar-refractivity contribution in [1.82, 2.24) is 15.2 Å². The Kier molecular flexibility index (Phi) is 5.91. The van der Waals surface area contributed by atoms with Gasteiger partial charge in [0, 0.05) is 16.9 Å². The first-order valence-electron chi connectivity index (χ1n) is 8.67. The van der Waals surface area contributed by atoms with Crippen molar-refractivity contribution in [2.24, 2.45) is 0 Å². The van der Waals surface area contributed by atoms with Crippen LogP contribution in [0.4, 0.5) is 23.1 Å². The van der Waals surface area contributed by atoms with Crippen molar-refractivity contribution in [3.05, 3.63) is 65.9 Å². The van der Waals surface area contributed by atoms with Crippen LogP contribution in [-0.4, -0.2) is 33.5 Å². The first kappa shape index (κ1) is 19.0. The van der Waals surface area contributed by atoms with Gasteiger partial charge in [0.25, 0.3) is 0 Å². The first-order chi connectivity index (χ1) is 13.5. The molecule has 28 heavy (non-hydrogen) atoms. The van der Waals surface area contributed by atoms with Crippen LogP contribution in [0.25, 0.3) is 0 Å². The summed E-state index contributed by atoms with van der Waals surface area (Å²) >= 11 is 0. The average molecular weight is 377 g/mol. The number of esters is 1. The number of benzene rings is 2. The fraction of sp³-hybridized carbons (Fsp3) is 0.150. The van der Waals surface area contributed by atoms with Crippen LogP contribution in [0.5, 0.6) is 0 Å². The van der Waals surface area contributed by atoms with Crippen molar-refractivity contribution in [2.45, 2.75) is 13.8 Å². The highest BCUT2D eigenvalue weighted by Crippen LogP contribution is 2.18. The first-order valence-corrected chi connectivity index (χ1v) is 8.67. The van der Waals surface area contributed by atoms with E-state index in [9.17, 15) is 9.59 Å². The van der Waals surface area contributed by atoms with E-state index in [1.165, 1.54) is 13.1 Å². The van der Waals surface area contributed by atoms with E-state index < -0.39 is 0 Å². The number of ether oxygens (including phenoxy) is 1. The molecule has 0 fully saturated rings. The van der Waals surface area contributed by atoms with Gasteiger partial charge >= 0.3 is 5.97 Å². The van der Waals surface area contributed by atoms with E-state index in [4.69, 9.17) is 4.74 Å². The molecule has 0 aliphatic rings. The van der Waals surface area contributed by atoms with Crippen LogP contribution in [0.1, 0.15) is 34.6 Å². The van der Waals surface area contributed by atoms with E-state index in [1.54, 1.807) is 49.4 Å². The number of hydrogen-bond donors (Lipinski definition) is 2. The number of carbonyl (C=O) groups excluding carboxylic acids is 2. The third kappa shape index (κ3) is 4.88. The van der Waals surface area contributed by atoms with Crippen molar-refractivity contribution < 1.29 is 14.3 Å². The van der Waals surface area contributed by atoms with Crippen molar-refractivity contribution in [2.75, 3.05) is 17.2 Å². The highest BCUT2D eigenvalue weighted by Gasteiger charge is 2.07. The second-order valence-electron chi connectivity index (χ2n) is 5.85. The van der Waals surface area contributed by atoms with Crippen molar-refractivity contribution in [1.29, 1.82) is 0 Å². The fourth-order valence-electron chi connectivity index (χ4n) is 2.41. The standard InChI is InChI=1S/C20H19N5O3/c1-3-28-19(27)14-7-9-16(10-8-14)23-20-24-18(12-21-25-20)22-17-6-4-5-15(11-17)13(2)26/h4-12H,3H2,1-2H3,(H2,22,23,24,25). The number of nitrogens with zero attached hydrogens (tertiary/aromatic N) is 3. The predicted molar refractivity (Wildman–Crippen MR) is 105 cm³/mol. The molecular formula is C20H19N5O3. The highest BCUT2D eigenvalue weighted by molar-refractivity contribution is 5.95. The number of anilines is 4. The maximum Gasteiger partial charge on any atom is 0.338 e. The zero-order chi connectivity index (χ0) is 19.9. The number of hydrogen-bond acceptors (Lipinski definition) is 8. The molecule has 8 nitrogen and oxygen atoms in total. The Morgan fingerprint density at radius 2 is 1.79 bits per heavy atom. The van der Waals surface area contributed by atoms with Gasteiger partial charge in [-0.15, -0.1) is 5.10 Å². The summed E-state index contributed by atoms with van der Waals surface area (Å²) in [6, 6.07) is 13.9. The van der Waals surface area contributed by atoms with E-state index in [-0.39, 0.29) is 17.7 Å². The van der Waals surface area contributed by atoms with Gasteiger partial charge in [-0.25, -0.2) is 4.79 Å². The SMILES string of the molecule is CCOC(=O)c1ccc(Nc2nncc(Nc3cccc(C(C)=O)c3)n2)cc1. The second-order valence-corrected chi connectivity index (χ2v) is 5.85. The van der Waals surface area contributed by atoms with Gasteiger partial charge in [-0.05, 0) is 50.2 Å². The molecule has 0 amide bonds. The maximum absolute atomic E-state index is 11.7. The van der Waals surface area contributed by atoms with Gasteiger partial charge in [0.15, 0.2) is 11.6 Å². The lowest BCUT2D eigenvalue weighted by Gasteiger charge is -2.09. The largest absolute Gasteiger partial charge is 0.462 e. The molecule has 3 aromatic rings. The molecule has 0 aliphatic carbocycles. The molecule has 0 saturated carbocycles. The number of ketones is 1. The number of aromatic nitrogens is 3. The zero-order valence-electron chi connectivity index (χ0n) is 15.5. The van der Waals surface area contributed by atoms with Crippen LogP contribution in [0.2, 0.25) is 0 Å². The Labute approximate surface area is 162 Å². The molecule has 8 heteroatoms. The monoisotopic (exact) mass is 377 g/mol. The summed E-state index contributed by atoms with van der Waals surface area (Å²) in [5, 5.41) is 14.0. The molecule has 1 aromatic heterocycles. The lowest BCUT2D eigenvalue weighted by Crippen LogP contribution is -2.05. The fourth-order valence-corrected chi connectivity index (χ4v) is 2.41. The summed E-state index contributed by atoms with van der Waals surface area (Å²) in [5.74, 6) is 0.377. The third-order valence-electron chi connectivity index (χ3n) is 3.75. The Balaban J connectivity index is 1.70. The average Bonchev–Trinajstić information content (AvgIpc) is 2.69. The van der Waals surface area contributed by atoms with Crippen LogP contribution in [-0.2, 0) is 4.74 Å². The number of nitrogens with one attached hydrogen (secondary N) is 2. The molecule has 2 aromatic carbocycles. The molecule has 0 atom stereocenters. The Morgan fingerprint density at radius 3 is 2.50 bits per heavy atom. The van der Waals surface area contributed by atoms with Crippen molar-refractivity contribution in [3.8, 4) is 0 Å². The number of rotatable bonds is 7. The maximum atomic E-state index is 11.7. The van der Waals surface area contributed by atoms with Crippen molar-refractivity contribution >= 4 is 34.9 Å². The van der Waals surface area contributed by atoms with E-state index in [2.05, 4.69) is 25.8 Å². The molecule has 0 bridgehead atoms. The van der Waals surface area contributed by atoms with Gasteiger partial charge in [0.2, 0.25) is 5.95 Å². The van der Waals surface area contributed by atoms with Gasteiger partial charge in [-0.1, -0.05) is 12.1 Å². The lowest BCUT2D eigenvalue weighted by atomic mass is 10.1. The number of Topliss-reactive ketones (excluding diaryl/α,β-unsaturated/α-hetero) is 1. The Morgan fingerprint density at radius 1 is 1.00 bits per heavy atom. The van der Waals surface area contributed by atoms with E-state index >= 15 is 0 Å². The van der Waals surface area contributed by atoms with Gasteiger partial charge in [0.05, 0.1) is 18.4 Å². The Bertz CT molecular complexity index is 989. The quantitative estimate of drug-likeness (QED) is 0.474. The molecule has 142 valence electrons.